The van der Waals surface area contributed by atoms with Crippen LogP contribution in [0.1, 0.15) is 15.9 Å². The number of hydrogen-bond acceptors (Lipinski definition) is 3. The van der Waals surface area contributed by atoms with E-state index in [1.165, 1.54) is 12.1 Å². The third kappa shape index (κ3) is 2.76. The third-order valence-electron chi connectivity index (χ3n) is 3.05. The minimum atomic E-state index is -0.658. The van der Waals surface area contributed by atoms with E-state index in [4.69, 9.17) is 21.1 Å². The van der Waals surface area contributed by atoms with Crippen LogP contribution in [0.2, 0.25) is 5.02 Å². The van der Waals surface area contributed by atoms with Gasteiger partial charge in [0.15, 0.2) is 17.3 Å². The van der Waals surface area contributed by atoms with E-state index in [1.54, 1.807) is 12.1 Å². The maximum absolute atomic E-state index is 13.9. The summed E-state index contributed by atoms with van der Waals surface area (Å²) in [4.78, 5) is 12.5. The molecule has 2 aromatic carbocycles. The third-order valence-corrected chi connectivity index (χ3v) is 3.94. The van der Waals surface area contributed by atoms with Gasteiger partial charge in [-0.3, -0.25) is 4.79 Å². The highest BCUT2D eigenvalue weighted by molar-refractivity contribution is 9.10. The van der Waals surface area contributed by atoms with Crippen LogP contribution in [0.4, 0.5) is 4.39 Å². The summed E-state index contributed by atoms with van der Waals surface area (Å²) in [6, 6.07) is 7.15. The molecule has 0 atom stereocenters. The Labute approximate surface area is 133 Å². The Balaban J connectivity index is 2.05. The topological polar surface area (TPSA) is 35.5 Å². The van der Waals surface area contributed by atoms with Gasteiger partial charge in [0, 0.05) is 15.1 Å². The average molecular weight is 372 g/mol. The first-order valence-corrected chi connectivity index (χ1v) is 7.32. The van der Waals surface area contributed by atoms with Gasteiger partial charge >= 0.3 is 0 Å². The standard InChI is InChI=1S/C15H9BrClFO3/c16-11-7-14-13(20-3-4-21-14)6-10(11)15(19)9-2-1-8(17)5-12(9)18/h1-2,5-7H,3-4H2. The van der Waals surface area contributed by atoms with Gasteiger partial charge in [-0.05, 0) is 46.3 Å². The summed E-state index contributed by atoms with van der Waals surface area (Å²) in [5.74, 6) is -0.0780. The van der Waals surface area contributed by atoms with Crippen molar-refractivity contribution in [2.45, 2.75) is 0 Å². The highest BCUT2D eigenvalue weighted by Crippen LogP contribution is 2.36. The second-order valence-corrected chi connectivity index (χ2v) is 5.72. The molecule has 1 heterocycles. The van der Waals surface area contributed by atoms with Crippen LogP contribution in [0.25, 0.3) is 0 Å². The highest BCUT2D eigenvalue weighted by atomic mass is 79.9. The summed E-state index contributed by atoms with van der Waals surface area (Å²) in [6.45, 7) is 0.871. The van der Waals surface area contributed by atoms with Gasteiger partial charge in [-0.2, -0.15) is 0 Å². The lowest BCUT2D eigenvalue weighted by molar-refractivity contribution is 0.103. The van der Waals surface area contributed by atoms with Crippen molar-refractivity contribution in [2.24, 2.45) is 0 Å². The molecule has 0 unspecified atom stereocenters. The molecule has 3 nitrogen and oxygen atoms in total. The van der Waals surface area contributed by atoms with E-state index in [1.807, 2.05) is 0 Å². The molecule has 0 fully saturated rings. The molecule has 0 radical (unpaired) electrons. The Morgan fingerprint density at radius 1 is 1.10 bits per heavy atom. The van der Waals surface area contributed by atoms with Gasteiger partial charge in [0.05, 0.1) is 5.56 Å². The van der Waals surface area contributed by atoms with Crippen molar-refractivity contribution >= 4 is 33.3 Å². The largest absolute Gasteiger partial charge is 0.486 e. The van der Waals surface area contributed by atoms with Gasteiger partial charge in [0.1, 0.15) is 19.0 Å². The summed E-state index contributed by atoms with van der Waals surface area (Å²) in [5.41, 5.74) is 0.261. The Kier molecular flexibility index (Phi) is 3.87. The molecule has 3 rings (SSSR count). The van der Waals surface area contributed by atoms with E-state index in [-0.39, 0.29) is 10.6 Å². The molecule has 0 bridgehead atoms. The number of ether oxygens (including phenoxy) is 2. The first-order valence-electron chi connectivity index (χ1n) is 6.15. The Hall–Kier alpha value is -1.59. The van der Waals surface area contributed by atoms with Gasteiger partial charge < -0.3 is 9.47 Å². The van der Waals surface area contributed by atoms with Crippen LogP contribution in [0, 0.1) is 5.82 Å². The number of rotatable bonds is 2. The van der Waals surface area contributed by atoms with Crippen LogP contribution in [0.3, 0.4) is 0 Å². The summed E-state index contributed by atoms with van der Waals surface area (Å²) in [7, 11) is 0. The molecule has 0 aliphatic carbocycles. The predicted octanol–water partition coefficient (Wildman–Crippen LogP) is 4.24. The van der Waals surface area contributed by atoms with Crippen molar-refractivity contribution in [3.05, 3.63) is 56.8 Å². The Bertz CT molecular complexity index is 733. The van der Waals surface area contributed by atoms with Crippen LogP contribution < -0.4 is 9.47 Å². The van der Waals surface area contributed by atoms with Crippen LogP contribution in [-0.4, -0.2) is 19.0 Å². The molecule has 0 saturated carbocycles. The van der Waals surface area contributed by atoms with E-state index in [9.17, 15) is 9.18 Å². The summed E-state index contributed by atoms with van der Waals surface area (Å²) in [6.07, 6.45) is 0. The summed E-state index contributed by atoms with van der Waals surface area (Å²) >= 11 is 9.00. The minimum Gasteiger partial charge on any atom is -0.486 e. The Morgan fingerprint density at radius 3 is 2.43 bits per heavy atom. The minimum absolute atomic E-state index is 0.0447. The van der Waals surface area contributed by atoms with E-state index in [0.717, 1.165) is 6.07 Å². The van der Waals surface area contributed by atoms with E-state index < -0.39 is 11.6 Å². The fourth-order valence-electron chi connectivity index (χ4n) is 2.06. The molecule has 1 aliphatic rings. The van der Waals surface area contributed by atoms with Crippen LogP contribution in [-0.2, 0) is 0 Å². The molecule has 0 amide bonds. The fraction of sp³-hybridized carbons (Fsp3) is 0.133. The maximum Gasteiger partial charge on any atom is 0.197 e. The molecule has 2 aromatic rings. The van der Waals surface area contributed by atoms with Crippen molar-refractivity contribution < 1.29 is 18.7 Å². The number of ketones is 1. The van der Waals surface area contributed by atoms with E-state index in [2.05, 4.69) is 15.9 Å². The van der Waals surface area contributed by atoms with Gasteiger partial charge in [0.2, 0.25) is 0 Å². The van der Waals surface area contributed by atoms with E-state index in [0.29, 0.717) is 34.7 Å². The molecule has 0 aromatic heterocycles. The molecule has 6 heteroatoms. The number of fused-ring (bicyclic) bond motifs is 1. The quantitative estimate of drug-likeness (QED) is 0.741. The Morgan fingerprint density at radius 2 is 1.76 bits per heavy atom. The van der Waals surface area contributed by atoms with Crippen molar-refractivity contribution in [1.82, 2.24) is 0 Å². The zero-order valence-electron chi connectivity index (χ0n) is 10.7. The van der Waals surface area contributed by atoms with Crippen LogP contribution >= 0.6 is 27.5 Å². The number of halogens is 3. The average Bonchev–Trinajstić information content (AvgIpc) is 2.46. The zero-order valence-corrected chi connectivity index (χ0v) is 13.0. The SMILES string of the molecule is O=C(c1ccc(Cl)cc1F)c1cc2c(cc1Br)OCCO2. The van der Waals surface area contributed by atoms with Crippen LogP contribution in [0.15, 0.2) is 34.8 Å². The predicted molar refractivity (Wildman–Crippen MR) is 80.0 cm³/mol. The van der Waals surface area contributed by atoms with Crippen LogP contribution in [0.5, 0.6) is 11.5 Å². The smallest absolute Gasteiger partial charge is 0.197 e. The fourth-order valence-corrected chi connectivity index (χ4v) is 2.72. The second kappa shape index (κ2) is 5.66. The molecule has 0 N–H and O–H groups in total. The summed E-state index contributed by atoms with van der Waals surface area (Å²) in [5, 5.41) is 0.241. The number of hydrogen-bond donors (Lipinski definition) is 0. The lowest BCUT2D eigenvalue weighted by Crippen LogP contribution is -2.16. The maximum atomic E-state index is 13.9. The molecular weight excluding hydrogens is 363 g/mol. The second-order valence-electron chi connectivity index (χ2n) is 4.43. The lowest BCUT2D eigenvalue weighted by Gasteiger charge is -2.19. The molecule has 0 saturated heterocycles. The van der Waals surface area contributed by atoms with Gasteiger partial charge in [-0.25, -0.2) is 4.39 Å². The number of carbonyl (C=O) groups is 1. The van der Waals surface area contributed by atoms with Gasteiger partial charge in [-0.1, -0.05) is 11.6 Å². The van der Waals surface area contributed by atoms with Gasteiger partial charge in [0.25, 0.3) is 0 Å². The first-order chi connectivity index (χ1) is 10.1. The van der Waals surface area contributed by atoms with Crippen molar-refractivity contribution in [3.8, 4) is 11.5 Å². The normalized spacial score (nSPS) is 13.1. The summed E-state index contributed by atoms with van der Waals surface area (Å²) < 4.78 is 25.3. The molecule has 108 valence electrons. The van der Waals surface area contributed by atoms with Crippen molar-refractivity contribution in [3.63, 3.8) is 0 Å². The number of carbonyl (C=O) groups excluding carboxylic acids is 1. The molecule has 1 aliphatic heterocycles. The van der Waals surface area contributed by atoms with Crippen molar-refractivity contribution in [1.29, 1.82) is 0 Å². The number of benzene rings is 2. The lowest BCUT2D eigenvalue weighted by atomic mass is 10.0. The van der Waals surface area contributed by atoms with Crippen molar-refractivity contribution in [2.75, 3.05) is 13.2 Å². The zero-order chi connectivity index (χ0) is 15.0. The molecule has 21 heavy (non-hydrogen) atoms. The van der Waals surface area contributed by atoms with Gasteiger partial charge in [-0.15, -0.1) is 0 Å². The van der Waals surface area contributed by atoms with E-state index >= 15 is 0 Å². The molecular formula is C15H9BrClFO3. The first kappa shape index (κ1) is 14.4. The highest BCUT2D eigenvalue weighted by Gasteiger charge is 2.21. The molecule has 0 spiro atoms. The monoisotopic (exact) mass is 370 g/mol.